The number of hydrogen-bond acceptors (Lipinski definition) is 3. The number of benzene rings is 1. The average Bonchev–Trinajstić information content (AvgIpc) is 2.94. The number of carbonyl (C=O) groups excluding carboxylic acids is 1. The summed E-state index contributed by atoms with van der Waals surface area (Å²) in [7, 11) is 0. The van der Waals surface area contributed by atoms with E-state index in [1.807, 2.05) is 31.2 Å². The summed E-state index contributed by atoms with van der Waals surface area (Å²) in [4.78, 5) is 12.3. The van der Waals surface area contributed by atoms with Crippen molar-refractivity contribution in [1.82, 2.24) is 0 Å². The van der Waals surface area contributed by atoms with E-state index in [0.29, 0.717) is 12.4 Å². The van der Waals surface area contributed by atoms with Gasteiger partial charge in [0.15, 0.2) is 5.76 Å². The molecular formula is C14H14O3. The largest absolute Gasteiger partial charge is 0.453 e. The number of fused-ring (bicyclic) bond motifs is 1. The molecule has 1 aromatic carbocycles. The summed E-state index contributed by atoms with van der Waals surface area (Å²) in [6, 6.07) is 9.43. The molecule has 0 amide bonds. The number of carbonyl (C=O) groups is 1. The molecule has 0 aliphatic carbocycles. The van der Waals surface area contributed by atoms with Crippen LogP contribution >= 0.6 is 0 Å². The van der Waals surface area contributed by atoms with E-state index in [4.69, 9.17) is 9.15 Å². The van der Waals surface area contributed by atoms with Crippen molar-refractivity contribution in [2.45, 2.75) is 25.4 Å². The summed E-state index contributed by atoms with van der Waals surface area (Å²) in [6.45, 7) is 2.50. The zero-order valence-corrected chi connectivity index (χ0v) is 9.73. The molecule has 1 saturated heterocycles. The maximum absolute atomic E-state index is 12.3. The van der Waals surface area contributed by atoms with Crippen molar-refractivity contribution in [3.63, 3.8) is 0 Å². The number of ether oxygens (including phenoxy) is 1. The standard InChI is InChI=1S/C14H14O3/c1-14(7-4-8-16-14)13(15)12-9-10-5-2-3-6-11(10)17-12/h2-3,5-6,9H,4,7-8H2,1H3. The average molecular weight is 230 g/mol. The normalized spacial score (nSPS) is 24.3. The highest BCUT2D eigenvalue weighted by molar-refractivity contribution is 6.02. The Morgan fingerprint density at radius 1 is 1.35 bits per heavy atom. The van der Waals surface area contributed by atoms with Crippen LogP contribution in [0.15, 0.2) is 34.7 Å². The third-order valence-corrected chi connectivity index (χ3v) is 3.35. The minimum Gasteiger partial charge on any atom is -0.453 e. The van der Waals surface area contributed by atoms with E-state index >= 15 is 0 Å². The number of hydrogen-bond donors (Lipinski definition) is 0. The highest BCUT2D eigenvalue weighted by Crippen LogP contribution is 2.31. The van der Waals surface area contributed by atoms with Gasteiger partial charge in [-0.1, -0.05) is 18.2 Å². The molecule has 0 bridgehead atoms. The lowest BCUT2D eigenvalue weighted by Gasteiger charge is -2.19. The zero-order chi connectivity index (χ0) is 11.9. The van der Waals surface area contributed by atoms with Gasteiger partial charge in [-0.3, -0.25) is 4.79 Å². The van der Waals surface area contributed by atoms with Crippen LogP contribution in [0.5, 0.6) is 0 Å². The summed E-state index contributed by atoms with van der Waals surface area (Å²) in [6.07, 6.45) is 1.70. The lowest BCUT2D eigenvalue weighted by atomic mass is 9.95. The third kappa shape index (κ3) is 1.67. The van der Waals surface area contributed by atoms with Crippen molar-refractivity contribution in [3.05, 3.63) is 36.1 Å². The van der Waals surface area contributed by atoms with E-state index in [1.54, 1.807) is 6.07 Å². The quantitative estimate of drug-likeness (QED) is 0.744. The van der Waals surface area contributed by atoms with Gasteiger partial charge in [-0.2, -0.15) is 0 Å². The Morgan fingerprint density at radius 2 is 2.18 bits per heavy atom. The molecule has 3 rings (SSSR count). The molecule has 0 N–H and O–H groups in total. The Balaban J connectivity index is 2.01. The van der Waals surface area contributed by atoms with Gasteiger partial charge in [0.05, 0.1) is 0 Å². The second-order valence-corrected chi connectivity index (χ2v) is 4.66. The minimum absolute atomic E-state index is 0.0498. The second kappa shape index (κ2) is 3.70. The van der Waals surface area contributed by atoms with E-state index in [2.05, 4.69) is 0 Å². The monoisotopic (exact) mass is 230 g/mol. The van der Waals surface area contributed by atoms with Crippen LogP contribution < -0.4 is 0 Å². The molecule has 1 aliphatic rings. The van der Waals surface area contributed by atoms with E-state index in [1.165, 1.54) is 0 Å². The van der Waals surface area contributed by atoms with Crippen LogP contribution in [0.1, 0.15) is 30.3 Å². The molecular weight excluding hydrogens is 216 g/mol. The lowest BCUT2D eigenvalue weighted by molar-refractivity contribution is 0.0192. The predicted molar refractivity (Wildman–Crippen MR) is 64.1 cm³/mol. The van der Waals surface area contributed by atoms with Gasteiger partial charge in [0, 0.05) is 12.0 Å². The first kappa shape index (κ1) is 10.5. The molecule has 1 aromatic heterocycles. The van der Waals surface area contributed by atoms with Crippen LogP contribution in [0.2, 0.25) is 0 Å². The maximum Gasteiger partial charge on any atom is 0.229 e. The highest BCUT2D eigenvalue weighted by Gasteiger charge is 2.39. The SMILES string of the molecule is CC1(C(=O)c2cc3ccccc3o2)CCCO1. The number of furan rings is 1. The summed E-state index contributed by atoms with van der Waals surface area (Å²) < 4.78 is 11.1. The topological polar surface area (TPSA) is 39.4 Å². The third-order valence-electron chi connectivity index (χ3n) is 3.35. The molecule has 2 heterocycles. The zero-order valence-electron chi connectivity index (χ0n) is 9.73. The van der Waals surface area contributed by atoms with Gasteiger partial charge in [-0.15, -0.1) is 0 Å². The molecule has 88 valence electrons. The highest BCUT2D eigenvalue weighted by atomic mass is 16.5. The number of Topliss-reactive ketones (excluding diaryl/α,β-unsaturated/α-hetero) is 1. The molecule has 0 saturated carbocycles. The van der Waals surface area contributed by atoms with Gasteiger partial charge in [-0.25, -0.2) is 0 Å². The number of para-hydroxylation sites is 1. The molecule has 17 heavy (non-hydrogen) atoms. The van der Waals surface area contributed by atoms with Crippen LogP contribution in [-0.4, -0.2) is 18.0 Å². The summed E-state index contributed by atoms with van der Waals surface area (Å²) in [5.74, 6) is 0.349. The van der Waals surface area contributed by atoms with Crippen LogP contribution in [0.25, 0.3) is 11.0 Å². The van der Waals surface area contributed by atoms with Crippen molar-refractivity contribution in [3.8, 4) is 0 Å². The first-order valence-corrected chi connectivity index (χ1v) is 5.86. The molecule has 1 atom stereocenters. The molecule has 1 fully saturated rings. The summed E-state index contributed by atoms with van der Waals surface area (Å²) >= 11 is 0. The Kier molecular flexibility index (Phi) is 2.30. The summed E-state index contributed by atoms with van der Waals surface area (Å²) in [5.41, 5.74) is 0.0471. The fourth-order valence-corrected chi connectivity index (χ4v) is 2.31. The molecule has 1 unspecified atom stereocenters. The number of ketones is 1. The van der Waals surface area contributed by atoms with Crippen molar-refractivity contribution in [2.24, 2.45) is 0 Å². The smallest absolute Gasteiger partial charge is 0.229 e. The van der Waals surface area contributed by atoms with Crippen LogP contribution in [0.4, 0.5) is 0 Å². The molecule has 1 aliphatic heterocycles. The Bertz CT molecular complexity index is 529. The van der Waals surface area contributed by atoms with E-state index < -0.39 is 5.60 Å². The lowest BCUT2D eigenvalue weighted by Crippen LogP contribution is -2.33. The van der Waals surface area contributed by atoms with Crippen LogP contribution in [0.3, 0.4) is 0 Å². The van der Waals surface area contributed by atoms with Crippen molar-refractivity contribution in [2.75, 3.05) is 6.61 Å². The van der Waals surface area contributed by atoms with Gasteiger partial charge in [0.1, 0.15) is 11.2 Å². The molecule has 0 radical (unpaired) electrons. The Morgan fingerprint density at radius 3 is 2.88 bits per heavy atom. The fourth-order valence-electron chi connectivity index (χ4n) is 2.31. The first-order chi connectivity index (χ1) is 8.19. The van der Waals surface area contributed by atoms with Gasteiger partial charge in [0.25, 0.3) is 0 Å². The van der Waals surface area contributed by atoms with E-state index in [0.717, 1.165) is 23.8 Å². The van der Waals surface area contributed by atoms with Gasteiger partial charge in [0.2, 0.25) is 5.78 Å². The van der Waals surface area contributed by atoms with Gasteiger partial charge < -0.3 is 9.15 Å². The van der Waals surface area contributed by atoms with Gasteiger partial charge in [-0.05, 0) is 31.9 Å². The molecule has 0 spiro atoms. The van der Waals surface area contributed by atoms with Crippen molar-refractivity contribution >= 4 is 16.8 Å². The fraction of sp³-hybridized carbons (Fsp3) is 0.357. The van der Waals surface area contributed by atoms with E-state index in [9.17, 15) is 4.79 Å². The van der Waals surface area contributed by atoms with Crippen LogP contribution in [0, 0.1) is 0 Å². The number of rotatable bonds is 2. The second-order valence-electron chi connectivity index (χ2n) is 4.66. The summed E-state index contributed by atoms with van der Waals surface area (Å²) in [5, 5.41) is 0.956. The van der Waals surface area contributed by atoms with Crippen LogP contribution in [-0.2, 0) is 4.74 Å². The Labute approximate surface area is 99.4 Å². The molecule has 3 heteroatoms. The predicted octanol–water partition coefficient (Wildman–Crippen LogP) is 3.18. The van der Waals surface area contributed by atoms with Gasteiger partial charge >= 0.3 is 0 Å². The van der Waals surface area contributed by atoms with Crippen molar-refractivity contribution in [1.29, 1.82) is 0 Å². The maximum atomic E-state index is 12.3. The first-order valence-electron chi connectivity index (χ1n) is 5.86. The molecule has 2 aromatic rings. The Hall–Kier alpha value is -1.61. The molecule has 3 nitrogen and oxygen atoms in total. The van der Waals surface area contributed by atoms with E-state index in [-0.39, 0.29) is 5.78 Å². The van der Waals surface area contributed by atoms with Crippen molar-refractivity contribution < 1.29 is 13.9 Å². The minimum atomic E-state index is -0.701.